The summed E-state index contributed by atoms with van der Waals surface area (Å²) in [6, 6.07) is 4.76. The van der Waals surface area contributed by atoms with Crippen molar-refractivity contribution in [1.82, 2.24) is 20.3 Å². The third-order valence-corrected chi connectivity index (χ3v) is 6.18. The summed E-state index contributed by atoms with van der Waals surface area (Å²) < 4.78 is 20.0. The summed E-state index contributed by atoms with van der Waals surface area (Å²) in [5.74, 6) is 0.590. The summed E-state index contributed by atoms with van der Waals surface area (Å²) in [7, 11) is 0. The van der Waals surface area contributed by atoms with Crippen LogP contribution < -0.4 is 15.8 Å². The molecule has 2 saturated carbocycles. The largest absolute Gasteiger partial charge is 0.493 e. The monoisotopic (exact) mass is 423 g/mol. The summed E-state index contributed by atoms with van der Waals surface area (Å²) in [5.41, 5.74) is 8.56. The van der Waals surface area contributed by atoms with Crippen molar-refractivity contribution in [1.29, 1.82) is 0 Å². The molecule has 0 bridgehead atoms. The van der Waals surface area contributed by atoms with Gasteiger partial charge in [0, 0.05) is 23.8 Å². The number of ether oxygens (including phenoxy) is 1. The molecule has 0 unspecified atom stereocenters. The molecule has 0 aliphatic heterocycles. The Hall–Kier alpha value is -3.00. The Balaban J connectivity index is 1.44. The molecule has 4 N–H and O–H groups in total. The third kappa shape index (κ3) is 4.25. The second-order valence-corrected chi connectivity index (χ2v) is 8.63. The maximum absolute atomic E-state index is 14.1. The highest BCUT2D eigenvalue weighted by molar-refractivity contribution is 6.07. The fraction of sp³-hybridized carbons (Fsp3) is 0.435. The fourth-order valence-corrected chi connectivity index (χ4v) is 4.15. The number of hydrogen-bond donors (Lipinski definition) is 3. The van der Waals surface area contributed by atoms with E-state index in [1.807, 2.05) is 0 Å². The second kappa shape index (κ2) is 8.26. The number of halogens is 1. The topological polar surface area (TPSA) is 106 Å². The van der Waals surface area contributed by atoms with Crippen LogP contribution in [0.25, 0.3) is 22.3 Å². The highest BCUT2D eigenvalue weighted by atomic mass is 19.1. The SMILES string of the molecule is N[C@H]1CC[C@H](NC(=O)c2c[nH]c3c(-c4cc(F)ccc4OCC4CC4)ncnc23)CC1. The normalized spacial score (nSPS) is 21.2. The summed E-state index contributed by atoms with van der Waals surface area (Å²) in [6.45, 7) is 0.607. The van der Waals surface area contributed by atoms with E-state index in [2.05, 4.69) is 20.3 Å². The van der Waals surface area contributed by atoms with Gasteiger partial charge in [-0.25, -0.2) is 14.4 Å². The van der Waals surface area contributed by atoms with Crippen LogP contribution in [0.2, 0.25) is 0 Å². The van der Waals surface area contributed by atoms with Gasteiger partial charge >= 0.3 is 0 Å². The van der Waals surface area contributed by atoms with Gasteiger partial charge in [-0.05, 0) is 62.6 Å². The molecule has 2 heterocycles. The van der Waals surface area contributed by atoms with E-state index in [9.17, 15) is 9.18 Å². The van der Waals surface area contributed by atoms with Crippen LogP contribution in [0.4, 0.5) is 4.39 Å². The van der Waals surface area contributed by atoms with Gasteiger partial charge in [0.25, 0.3) is 5.91 Å². The Labute approximate surface area is 179 Å². The number of hydrogen-bond acceptors (Lipinski definition) is 5. The van der Waals surface area contributed by atoms with Crippen LogP contribution in [-0.4, -0.2) is 39.5 Å². The highest BCUT2D eigenvalue weighted by Crippen LogP contribution is 2.36. The molecule has 2 aliphatic rings. The molecule has 0 saturated heterocycles. The Morgan fingerprint density at radius 3 is 2.77 bits per heavy atom. The first-order chi connectivity index (χ1) is 15.1. The van der Waals surface area contributed by atoms with Gasteiger partial charge in [0.2, 0.25) is 0 Å². The van der Waals surface area contributed by atoms with Crippen LogP contribution in [0.15, 0.2) is 30.7 Å². The van der Waals surface area contributed by atoms with Crippen molar-refractivity contribution in [3.8, 4) is 17.0 Å². The molecule has 1 aromatic carbocycles. The molecule has 0 spiro atoms. The smallest absolute Gasteiger partial charge is 0.255 e. The Morgan fingerprint density at radius 2 is 2.00 bits per heavy atom. The Bertz CT molecular complexity index is 1100. The number of carbonyl (C=O) groups is 1. The molecule has 2 fully saturated rings. The number of nitrogens with zero attached hydrogens (tertiary/aromatic N) is 2. The fourth-order valence-electron chi connectivity index (χ4n) is 4.15. The van der Waals surface area contributed by atoms with E-state index < -0.39 is 0 Å². The minimum atomic E-state index is -0.374. The number of amides is 1. The zero-order valence-corrected chi connectivity index (χ0v) is 17.2. The minimum absolute atomic E-state index is 0.115. The number of nitrogens with two attached hydrogens (primary N) is 1. The van der Waals surface area contributed by atoms with E-state index in [0.717, 1.165) is 38.5 Å². The maximum Gasteiger partial charge on any atom is 0.255 e. The van der Waals surface area contributed by atoms with E-state index in [-0.39, 0.29) is 23.8 Å². The molecule has 3 aromatic rings. The highest BCUT2D eigenvalue weighted by Gasteiger charge is 2.25. The van der Waals surface area contributed by atoms with Gasteiger partial charge in [0.15, 0.2) is 0 Å². The van der Waals surface area contributed by atoms with Crippen molar-refractivity contribution >= 4 is 16.9 Å². The number of fused-ring (bicyclic) bond motifs is 1. The van der Waals surface area contributed by atoms with Crippen molar-refractivity contribution in [2.24, 2.45) is 11.7 Å². The number of aromatic nitrogens is 3. The van der Waals surface area contributed by atoms with Crippen LogP contribution in [0.5, 0.6) is 5.75 Å². The molecule has 31 heavy (non-hydrogen) atoms. The van der Waals surface area contributed by atoms with Gasteiger partial charge < -0.3 is 20.8 Å². The first kappa shape index (κ1) is 19.9. The molecule has 8 heteroatoms. The predicted molar refractivity (Wildman–Crippen MR) is 115 cm³/mol. The summed E-state index contributed by atoms with van der Waals surface area (Å²) in [6.07, 6.45) is 8.94. The van der Waals surface area contributed by atoms with Gasteiger partial charge in [-0.2, -0.15) is 0 Å². The third-order valence-electron chi connectivity index (χ3n) is 6.18. The lowest BCUT2D eigenvalue weighted by Crippen LogP contribution is -2.40. The van der Waals surface area contributed by atoms with E-state index in [1.54, 1.807) is 12.3 Å². The van der Waals surface area contributed by atoms with Crippen molar-refractivity contribution in [3.05, 3.63) is 42.1 Å². The van der Waals surface area contributed by atoms with E-state index >= 15 is 0 Å². The van der Waals surface area contributed by atoms with Gasteiger partial charge in [0.05, 0.1) is 17.7 Å². The number of rotatable bonds is 6. The molecule has 162 valence electrons. The van der Waals surface area contributed by atoms with Crippen LogP contribution in [-0.2, 0) is 0 Å². The number of carbonyl (C=O) groups excluding carboxylic acids is 1. The van der Waals surface area contributed by atoms with Crippen molar-refractivity contribution in [2.45, 2.75) is 50.6 Å². The number of H-pyrrole nitrogens is 1. The van der Waals surface area contributed by atoms with Crippen LogP contribution in [0.3, 0.4) is 0 Å². The lowest BCUT2D eigenvalue weighted by Gasteiger charge is -2.26. The second-order valence-electron chi connectivity index (χ2n) is 8.63. The van der Waals surface area contributed by atoms with Gasteiger partial charge in [-0.3, -0.25) is 4.79 Å². The first-order valence-corrected chi connectivity index (χ1v) is 10.9. The van der Waals surface area contributed by atoms with Crippen molar-refractivity contribution in [2.75, 3.05) is 6.61 Å². The van der Waals surface area contributed by atoms with Crippen molar-refractivity contribution < 1.29 is 13.9 Å². The molecule has 2 aromatic heterocycles. The standard InChI is InChI=1S/C23H26FN5O2/c24-14-3-8-19(31-11-13-1-2-13)17(9-14)20-22-21(28-12-27-20)18(10-26-22)23(30)29-16-6-4-15(25)5-7-16/h3,8-10,12-13,15-16,26H,1-2,4-7,11,25H2,(H,29,30)/t15-,16-. The quantitative estimate of drug-likeness (QED) is 0.562. The molecule has 2 aliphatic carbocycles. The molecule has 0 atom stereocenters. The lowest BCUT2D eigenvalue weighted by atomic mass is 9.91. The Morgan fingerprint density at radius 1 is 1.19 bits per heavy atom. The van der Waals surface area contributed by atoms with E-state index in [1.165, 1.54) is 18.5 Å². The lowest BCUT2D eigenvalue weighted by molar-refractivity contribution is 0.0927. The van der Waals surface area contributed by atoms with Gasteiger partial charge in [-0.15, -0.1) is 0 Å². The molecule has 0 radical (unpaired) electrons. The number of aromatic amines is 1. The van der Waals surface area contributed by atoms with Crippen molar-refractivity contribution in [3.63, 3.8) is 0 Å². The molecular weight excluding hydrogens is 397 g/mol. The average Bonchev–Trinajstić information content (AvgIpc) is 3.50. The average molecular weight is 423 g/mol. The number of benzene rings is 1. The molecule has 1 amide bonds. The first-order valence-electron chi connectivity index (χ1n) is 10.9. The maximum atomic E-state index is 14.1. The zero-order chi connectivity index (χ0) is 21.4. The van der Waals surface area contributed by atoms with Crippen LogP contribution >= 0.6 is 0 Å². The van der Waals surface area contributed by atoms with Gasteiger partial charge in [0.1, 0.15) is 29.1 Å². The van der Waals surface area contributed by atoms with Crippen LogP contribution in [0.1, 0.15) is 48.9 Å². The van der Waals surface area contributed by atoms with E-state index in [4.69, 9.17) is 10.5 Å². The summed E-state index contributed by atoms with van der Waals surface area (Å²) in [5, 5.41) is 3.09. The Kier molecular flexibility index (Phi) is 5.31. The molecule has 7 nitrogen and oxygen atoms in total. The van der Waals surface area contributed by atoms with Gasteiger partial charge in [-0.1, -0.05) is 0 Å². The van der Waals surface area contributed by atoms with E-state index in [0.29, 0.717) is 46.1 Å². The predicted octanol–water partition coefficient (Wildman–Crippen LogP) is 3.55. The minimum Gasteiger partial charge on any atom is -0.493 e. The van der Waals surface area contributed by atoms with Crippen LogP contribution in [0, 0.1) is 11.7 Å². The molecular formula is C23H26FN5O2. The summed E-state index contributed by atoms with van der Waals surface area (Å²) >= 11 is 0. The molecule has 5 rings (SSSR count). The summed E-state index contributed by atoms with van der Waals surface area (Å²) in [4.78, 5) is 24.8. The number of nitrogens with one attached hydrogen (secondary N) is 2. The zero-order valence-electron chi connectivity index (χ0n) is 17.2.